The minimum Gasteiger partial charge on any atom is -0.379 e. The fraction of sp³-hybridized carbons (Fsp3) is 0.462. The van der Waals surface area contributed by atoms with Crippen LogP contribution in [0, 0.1) is 10.1 Å². The summed E-state index contributed by atoms with van der Waals surface area (Å²) < 4.78 is 5.16. The van der Waals surface area contributed by atoms with Crippen molar-refractivity contribution in [3.63, 3.8) is 0 Å². The number of hydrogen-bond donors (Lipinski definition) is 1. The summed E-state index contributed by atoms with van der Waals surface area (Å²) in [5.41, 5.74) is 5.47. The van der Waals surface area contributed by atoms with E-state index >= 15 is 0 Å². The molecule has 0 aromatic heterocycles. The highest BCUT2D eigenvalue weighted by molar-refractivity contribution is 5.86. The molecule has 0 bridgehead atoms. The lowest BCUT2D eigenvalue weighted by atomic mass is 9.98. The van der Waals surface area contributed by atoms with Gasteiger partial charge in [0.1, 0.15) is 5.54 Å². The molecule has 0 aliphatic carbocycles. The van der Waals surface area contributed by atoms with E-state index in [1.807, 2.05) is 0 Å². The maximum absolute atomic E-state index is 12.3. The molecule has 0 spiro atoms. The molecule has 1 saturated heterocycles. The molecular weight excluding hydrogens is 262 g/mol. The SMILES string of the molecule is CN(Cc1ccccc1[N+](=O)[O-])C(=O)C1(N)CCOC1. The Morgan fingerprint density at radius 2 is 2.25 bits per heavy atom. The van der Waals surface area contributed by atoms with Gasteiger partial charge in [0.2, 0.25) is 5.91 Å². The number of ether oxygens (including phenoxy) is 1. The molecule has 1 heterocycles. The third-order valence-corrected chi connectivity index (χ3v) is 3.42. The molecule has 0 saturated carbocycles. The molecule has 0 radical (unpaired) electrons. The summed E-state index contributed by atoms with van der Waals surface area (Å²) in [5.74, 6) is -0.256. The van der Waals surface area contributed by atoms with Crippen LogP contribution in [0.2, 0.25) is 0 Å². The van der Waals surface area contributed by atoms with Crippen molar-refractivity contribution in [1.82, 2.24) is 4.90 Å². The summed E-state index contributed by atoms with van der Waals surface area (Å²) in [4.78, 5) is 24.2. The van der Waals surface area contributed by atoms with Gasteiger partial charge >= 0.3 is 0 Å². The summed E-state index contributed by atoms with van der Waals surface area (Å²) in [6.45, 7) is 0.795. The van der Waals surface area contributed by atoms with Crippen LogP contribution in [-0.4, -0.2) is 41.5 Å². The van der Waals surface area contributed by atoms with Crippen LogP contribution in [-0.2, 0) is 16.1 Å². The topological polar surface area (TPSA) is 98.7 Å². The second-order valence-corrected chi connectivity index (χ2v) is 5.01. The average Bonchev–Trinajstić information content (AvgIpc) is 2.86. The van der Waals surface area contributed by atoms with Crippen molar-refractivity contribution < 1.29 is 14.5 Å². The molecule has 1 amide bonds. The van der Waals surface area contributed by atoms with Gasteiger partial charge in [-0.25, -0.2) is 0 Å². The maximum atomic E-state index is 12.3. The van der Waals surface area contributed by atoms with Crippen molar-refractivity contribution in [2.24, 2.45) is 5.73 Å². The van der Waals surface area contributed by atoms with Crippen LogP contribution < -0.4 is 5.73 Å². The zero-order chi connectivity index (χ0) is 14.8. The van der Waals surface area contributed by atoms with E-state index in [0.717, 1.165) is 0 Å². The quantitative estimate of drug-likeness (QED) is 0.645. The van der Waals surface area contributed by atoms with Crippen LogP contribution in [0.3, 0.4) is 0 Å². The fourth-order valence-electron chi connectivity index (χ4n) is 2.28. The van der Waals surface area contributed by atoms with Gasteiger partial charge in [-0.05, 0) is 6.42 Å². The fourth-order valence-corrected chi connectivity index (χ4v) is 2.28. The molecule has 7 nitrogen and oxygen atoms in total. The first-order chi connectivity index (χ1) is 9.44. The molecule has 1 aliphatic rings. The van der Waals surface area contributed by atoms with Gasteiger partial charge in [0.15, 0.2) is 0 Å². The normalized spacial score (nSPS) is 21.7. The number of nitro benzene ring substituents is 1. The summed E-state index contributed by atoms with van der Waals surface area (Å²) in [5, 5.41) is 10.9. The van der Waals surface area contributed by atoms with Crippen LogP contribution in [0.15, 0.2) is 24.3 Å². The van der Waals surface area contributed by atoms with Gasteiger partial charge in [-0.2, -0.15) is 0 Å². The third-order valence-electron chi connectivity index (χ3n) is 3.42. The van der Waals surface area contributed by atoms with Crippen molar-refractivity contribution in [2.45, 2.75) is 18.5 Å². The lowest BCUT2D eigenvalue weighted by Crippen LogP contribution is -2.54. The second-order valence-electron chi connectivity index (χ2n) is 5.01. The van der Waals surface area contributed by atoms with E-state index in [2.05, 4.69) is 0 Å². The number of para-hydroxylation sites is 1. The Morgan fingerprint density at radius 3 is 2.85 bits per heavy atom. The lowest BCUT2D eigenvalue weighted by molar-refractivity contribution is -0.385. The van der Waals surface area contributed by atoms with Crippen molar-refractivity contribution in [3.05, 3.63) is 39.9 Å². The molecule has 1 aliphatic heterocycles. The Bertz CT molecular complexity index is 526. The summed E-state index contributed by atoms with van der Waals surface area (Å²) in [6.07, 6.45) is 0.465. The second kappa shape index (κ2) is 5.56. The smallest absolute Gasteiger partial charge is 0.274 e. The van der Waals surface area contributed by atoms with E-state index in [1.165, 1.54) is 11.0 Å². The first-order valence-electron chi connectivity index (χ1n) is 6.28. The average molecular weight is 279 g/mol. The highest BCUT2D eigenvalue weighted by Crippen LogP contribution is 2.22. The molecule has 2 N–H and O–H groups in total. The Morgan fingerprint density at radius 1 is 1.55 bits per heavy atom. The van der Waals surface area contributed by atoms with Gasteiger partial charge in [0, 0.05) is 25.3 Å². The van der Waals surface area contributed by atoms with E-state index in [-0.39, 0.29) is 24.7 Å². The predicted molar refractivity (Wildman–Crippen MR) is 71.9 cm³/mol. The minimum absolute atomic E-state index is 0.000827. The van der Waals surface area contributed by atoms with Crippen LogP contribution >= 0.6 is 0 Å². The highest BCUT2D eigenvalue weighted by Gasteiger charge is 2.40. The number of hydrogen-bond acceptors (Lipinski definition) is 5. The Labute approximate surface area is 116 Å². The van der Waals surface area contributed by atoms with Gasteiger partial charge in [-0.1, -0.05) is 18.2 Å². The number of amides is 1. The largest absolute Gasteiger partial charge is 0.379 e. The van der Waals surface area contributed by atoms with E-state index in [9.17, 15) is 14.9 Å². The Balaban J connectivity index is 2.14. The number of rotatable bonds is 4. The van der Waals surface area contributed by atoms with Crippen molar-refractivity contribution in [1.29, 1.82) is 0 Å². The minimum atomic E-state index is -1.02. The molecule has 1 aromatic rings. The highest BCUT2D eigenvalue weighted by atomic mass is 16.6. The van der Waals surface area contributed by atoms with Crippen molar-refractivity contribution in [2.75, 3.05) is 20.3 Å². The first-order valence-corrected chi connectivity index (χ1v) is 6.28. The molecule has 108 valence electrons. The molecular formula is C13H17N3O4. The van der Waals surface area contributed by atoms with E-state index in [4.69, 9.17) is 10.5 Å². The molecule has 1 aromatic carbocycles. The molecule has 1 fully saturated rings. The molecule has 20 heavy (non-hydrogen) atoms. The predicted octanol–water partition coefficient (Wildman–Crippen LogP) is 0.671. The number of nitro groups is 1. The van der Waals surface area contributed by atoms with Crippen LogP contribution in [0.1, 0.15) is 12.0 Å². The van der Waals surface area contributed by atoms with Gasteiger partial charge in [0.25, 0.3) is 5.69 Å². The molecule has 2 rings (SSSR count). The van der Waals surface area contributed by atoms with Crippen LogP contribution in [0.5, 0.6) is 0 Å². The van der Waals surface area contributed by atoms with Gasteiger partial charge < -0.3 is 15.4 Å². The van der Waals surface area contributed by atoms with Gasteiger partial charge in [-0.15, -0.1) is 0 Å². The Hall–Kier alpha value is -1.99. The number of likely N-dealkylation sites (N-methyl/N-ethyl adjacent to an activating group) is 1. The number of nitrogens with two attached hydrogens (primary N) is 1. The molecule has 1 unspecified atom stereocenters. The number of benzene rings is 1. The third kappa shape index (κ3) is 2.78. The number of carbonyl (C=O) groups is 1. The zero-order valence-electron chi connectivity index (χ0n) is 11.2. The Kier molecular flexibility index (Phi) is 4.01. The summed E-state index contributed by atoms with van der Waals surface area (Å²) in [7, 11) is 1.59. The molecule has 1 atom stereocenters. The summed E-state index contributed by atoms with van der Waals surface area (Å²) >= 11 is 0. The first kappa shape index (κ1) is 14.4. The van der Waals surface area contributed by atoms with E-state index in [1.54, 1.807) is 25.2 Å². The van der Waals surface area contributed by atoms with Gasteiger partial charge in [0.05, 0.1) is 18.1 Å². The maximum Gasteiger partial charge on any atom is 0.274 e. The van der Waals surface area contributed by atoms with Crippen LogP contribution in [0.4, 0.5) is 5.69 Å². The molecule has 7 heteroatoms. The van der Waals surface area contributed by atoms with Gasteiger partial charge in [-0.3, -0.25) is 14.9 Å². The summed E-state index contributed by atoms with van der Waals surface area (Å²) in [6, 6.07) is 6.36. The number of nitrogens with zero attached hydrogens (tertiary/aromatic N) is 2. The van der Waals surface area contributed by atoms with Crippen molar-refractivity contribution in [3.8, 4) is 0 Å². The van der Waals surface area contributed by atoms with Crippen molar-refractivity contribution >= 4 is 11.6 Å². The lowest BCUT2D eigenvalue weighted by Gasteiger charge is -2.27. The van der Waals surface area contributed by atoms with Crippen LogP contribution in [0.25, 0.3) is 0 Å². The van der Waals surface area contributed by atoms with E-state index in [0.29, 0.717) is 18.6 Å². The monoisotopic (exact) mass is 279 g/mol. The number of carbonyl (C=O) groups excluding carboxylic acids is 1. The zero-order valence-corrected chi connectivity index (χ0v) is 11.2. The standard InChI is InChI=1S/C13H17N3O4/c1-15(12(17)13(14)6-7-20-9-13)8-10-4-2-3-5-11(10)16(18)19/h2-5H,6-9,14H2,1H3. The van der Waals surface area contributed by atoms with E-state index < -0.39 is 10.5 Å².